The molecule has 0 spiro atoms. The summed E-state index contributed by atoms with van der Waals surface area (Å²) in [5.41, 5.74) is 11.6. The summed E-state index contributed by atoms with van der Waals surface area (Å²) < 4.78 is 44.1. The summed E-state index contributed by atoms with van der Waals surface area (Å²) in [6.45, 7) is 27.9. The Labute approximate surface area is 678 Å². The summed E-state index contributed by atoms with van der Waals surface area (Å²) in [5.74, 6) is -1.08. The summed E-state index contributed by atoms with van der Waals surface area (Å²) in [4.78, 5) is 70.4. The number of carbonyl (C=O) groups is 6. The number of aliphatic hydroxyl groups excluding tert-OH is 1. The molecule has 0 saturated heterocycles. The molecule has 0 aliphatic carbocycles. The zero-order valence-electron chi connectivity index (χ0n) is 64.4. The second-order valence-corrected chi connectivity index (χ2v) is 30.3. The van der Waals surface area contributed by atoms with Crippen molar-refractivity contribution in [3.63, 3.8) is 0 Å². The van der Waals surface area contributed by atoms with Gasteiger partial charge in [-0.1, -0.05) is 198 Å². The van der Waals surface area contributed by atoms with Crippen molar-refractivity contribution in [2.45, 2.75) is 182 Å². The smallest absolute Gasteiger partial charge is 0.407 e. The predicted octanol–water partition coefficient (Wildman–Crippen LogP) is 19.7. The second-order valence-electron chi connectivity index (χ2n) is 26.0. The zero-order chi connectivity index (χ0) is 81.2. The number of aliphatic hydroxyl groups is 1. The lowest BCUT2D eigenvalue weighted by Crippen LogP contribution is -2.37. The lowest BCUT2D eigenvalue weighted by atomic mass is 10.1. The number of nitrogens with one attached hydrogen (secondary N) is 7. The molecule has 6 aromatic rings. The Kier molecular flexibility index (Phi) is 47.1. The summed E-state index contributed by atoms with van der Waals surface area (Å²) in [7, 11) is 0. The van der Waals surface area contributed by atoms with E-state index < -0.39 is 54.0 Å². The summed E-state index contributed by atoms with van der Waals surface area (Å²) >= 11 is 45.2. The molecular formula is C76H104BrCl7N8O13S. The van der Waals surface area contributed by atoms with E-state index >= 15 is 0 Å². The summed E-state index contributed by atoms with van der Waals surface area (Å²) in [6.07, 6.45) is -2.11. The maximum absolute atomic E-state index is 12.4. The van der Waals surface area contributed by atoms with Crippen molar-refractivity contribution in [3.8, 4) is 0 Å². The first-order valence-electron chi connectivity index (χ1n) is 34.5. The Bertz CT molecular complexity index is 3630. The van der Waals surface area contributed by atoms with Gasteiger partial charge in [-0.25, -0.2) is 14.4 Å². The van der Waals surface area contributed by atoms with Crippen LogP contribution in [0.25, 0.3) is 0 Å². The Morgan fingerprint density at radius 1 is 0.500 bits per heavy atom. The van der Waals surface area contributed by atoms with Crippen LogP contribution in [0.1, 0.15) is 137 Å². The number of amides is 3. The molecule has 0 radical (unpaired) electrons. The van der Waals surface area contributed by atoms with E-state index in [1.54, 1.807) is 124 Å². The number of carbonyl (C=O) groups excluding carboxylic acids is 6. The highest BCUT2D eigenvalue weighted by Gasteiger charge is 2.22. The van der Waals surface area contributed by atoms with Gasteiger partial charge < -0.3 is 76.5 Å². The van der Waals surface area contributed by atoms with Crippen LogP contribution < -0.4 is 43.0 Å². The third kappa shape index (κ3) is 45.8. The number of hydrogen-bond acceptors (Lipinski definition) is 18. The molecule has 6 aromatic carbocycles. The number of benzene rings is 6. The van der Waals surface area contributed by atoms with Gasteiger partial charge in [-0.05, 0) is 161 Å². The van der Waals surface area contributed by atoms with Crippen molar-refractivity contribution >= 4 is 186 Å². The molecule has 21 nitrogen and oxygen atoms in total. The lowest BCUT2D eigenvalue weighted by Gasteiger charge is -2.21. The SMILES string of the molecule is CC(Br)CNC(=O)OC(C)(C)C.CC(CN)OC(=O)Cc1ccccc1Nc1c(Cl)cccc1Cl.CC(CNC(=O)OC(C)(C)C)OC(=O)Cc1ccccc1Nc1c(Cl)cccc1Cl.CC(CNC=S)OC(=O)Cc1ccccc1Nc1c(Cl)cccc1Cl.CC(O)CNC(=O)OC(C)(C)C.Cl.[2H]C([3H])CC. The fraction of sp³-hybridized carbons (Fsp3) is 0.434. The minimum Gasteiger partial charge on any atom is -0.461 e. The van der Waals surface area contributed by atoms with Crippen molar-refractivity contribution in [3.05, 3.63) is 174 Å². The molecule has 0 bridgehead atoms. The number of nitrogens with two attached hydrogens (primary N) is 1. The normalized spacial score (nSPS) is 12.5. The van der Waals surface area contributed by atoms with Crippen LogP contribution in [0.3, 0.4) is 0 Å². The van der Waals surface area contributed by atoms with Crippen molar-refractivity contribution < 1.29 is 65.0 Å². The number of para-hydroxylation sites is 6. The molecule has 0 fully saturated rings. The number of ether oxygens (including phenoxy) is 6. The topological polar surface area (TPSA) is 288 Å². The first-order valence-corrected chi connectivity index (χ1v) is 37.0. The number of esters is 3. The highest BCUT2D eigenvalue weighted by atomic mass is 79.9. The minimum absolute atomic E-state index is 0. The van der Waals surface area contributed by atoms with Crippen LogP contribution in [-0.4, -0.2) is 126 Å². The second kappa shape index (κ2) is 52.3. The van der Waals surface area contributed by atoms with Crippen LogP contribution in [0.5, 0.6) is 0 Å². The van der Waals surface area contributed by atoms with Crippen molar-refractivity contribution in [2.75, 3.05) is 48.7 Å². The molecule has 0 saturated carbocycles. The average molecular weight is 1700 g/mol. The summed E-state index contributed by atoms with van der Waals surface area (Å²) in [6, 6.07) is 37.9. The zero-order valence-corrected chi connectivity index (χ0v) is 70.2. The van der Waals surface area contributed by atoms with E-state index in [0.29, 0.717) is 78.9 Å². The average Bonchev–Trinajstić information content (AvgIpc) is 0.845. The third-order valence-electron chi connectivity index (χ3n) is 12.3. The van der Waals surface area contributed by atoms with Gasteiger partial charge in [0.25, 0.3) is 0 Å². The molecule has 588 valence electrons. The molecule has 6 unspecified atom stereocenters. The van der Waals surface area contributed by atoms with Gasteiger partial charge in [0.05, 0.1) is 91.1 Å². The molecule has 6 rings (SSSR count). The van der Waals surface area contributed by atoms with Crippen LogP contribution in [0.4, 0.5) is 48.5 Å². The minimum atomic E-state index is -0.616. The van der Waals surface area contributed by atoms with Gasteiger partial charge in [0.1, 0.15) is 35.1 Å². The van der Waals surface area contributed by atoms with E-state index in [2.05, 4.69) is 65.4 Å². The van der Waals surface area contributed by atoms with Gasteiger partial charge in [-0.2, -0.15) is 0 Å². The van der Waals surface area contributed by atoms with E-state index in [1.165, 1.54) is 5.49 Å². The molecular weight excluding hydrogens is 1590 g/mol. The maximum Gasteiger partial charge on any atom is 0.407 e. The monoisotopic (exact) mass is 1700 g/mol. The number of alkyl carbamates (subject to hydrolysis) is 3. The van der Waals surface area contributed by atoms with Gasteiger partial charge >= 0.3 is 36.2 Å². The molecule has 30 heteroatoms. The fourth-order valence-electron chi connectivity index (χ4n) is 7.88. The number of rotatable bonds is 25. The Morgan fingerprint density at radius 2 is 0.774 bits per heavy atom. The van der Waals surface area contributed by atoms with Gasteiger partial charge in [-0.3, -0.25) is 14.4 Å². The van der Waals surface area contributed by atoms with E-state index in [9.17, 15) is 28.8 Å². The highest BCUT2D eigenvalue weighted by molar-refractivity contribution is 9.09. The van der Waals surface area contributed by atoms with Crippen LogP contribution in [0, 0.1) is 0 Å². The molecule has 10 N–H and O–H groups in total. The maximum atomic E-state index is 12.4. The largest absolute Gasteiger partial charge is 0.461 e. The van der Waals surface area contributed by atoms with Crippen LogP contribution >= 0.6 is 110 Å². The number of thiocarbonyl (C=S) groups is 1. The standard InChI is InChI=1S/C22H26Cl2N2O4.C18H18Cl2N2O2S.C17H18Cl2N2O2.C8H16BrNO2.C8H17NO3.C3H8.ClH/c1-14(13-25-21(28)30-22(2,3)4)29-19(27)12-15-8-5-6-11-18(15)26-20-16(23)9-7-10-17(20)24;1-12(10-21-11-25)24-17(23)9-13-5-2-3-8-16(13)22-18-14(19)6-4-7-15(18)20;1-11(10-20)23-16(22)9-12-5-2-3-8-15(12)21-17-13(18)6-4-7-14(17)19;1-6(9)5-10-7(11)12-8(2,3)4;1-6(10)5-9-7(11)12-8(2,3)4;1-3-2;/h5-11,14,26H,12-13H2,1-4H3,(H,25,28);2-8,11-12,22H,9-10H2,1H3,(H,21,25);2-8,11,21H,9-10,20H2,1H3;6H,5H2,1-4H3,(H,10,11);6,10H,5H2,1-4H3,(H,9,11);3H2,1-2H3;1H/i;;;;;1TD;. The quantitative estimate of drug-likeness (QED) is 0.0111. The lowest BCUT2D eigenvalue weighted by molar-refractivity contribution is -0.148. The highest BCUT2D eigenvalue weighted by Crippen LogP contribution is 2.37. The number of halogens is 8. The third-order valence-corrected chi connectivity index (χ3v) is 14.7. The molecule has 106 heavy (non-hydrogen) atoms. The van der Waals surface area contributed by atoms with Gasteiger partial charge in [0.2, 0.25) is 0 Å². The number of anilines is 6. The van der Waals surface area contributed by atoms with E-state index in [0.717, 1.165) is 28.1 Å². The molecule has 0 aliphatic heterocycles. The van der Waals surface area contributed by atoms with Crippen LogP contribution in [0.2, 0.25) is 30.1 Å². The first-order chi connectivity index (χ1) is 50.0. The van der Waals surface area contributed by atoms with Gasteiger partial charge in [-0.15, -0.1) is 12.4 Å². The number of alkyl halides is 1. The fourth-order valence-corrected chi connectivity index (χ4v) is 9.61. The van der Waals surface area contributed by atoms with E-state index in [4.69, 9.17) is 112 Å². The van der Waals surface area contributed by atoms with Gasteiger partial charge in [0, 0.05) is 44.3 Å². The molecule has 0 heterocycles. The Hall–Kier alpha value is -6.74. The Morgan fingerprint density at radius 3 is 1.04 bits per heavy atom. The first kappa shape index (κ1) is 95.3. The van der Waals surface area contributed by atoms with E-state index in [1.807, 2.05) is 107 Å². The molecule has 0 aromatic heterocycles. The van der Waals surface area contributed by atoms with Crippen LogP contribution in [-0.2, 0) is 62.1 Å². The molecule has 6 atom stereocenters. The van der Waals surface area contributed by atoms with Crippen molar-refractivity contribution in [1.29, 1.82) is 0 Å². The van der Waals surface area contributed by atoms with Gasteiger partial charge in [0.15, 0.2) is 0 Å². The van der Waals surface area contributed by atoms with Crippen LogP contribution in [0.15, 0.2) is 127 Å². The molecule has 0 aliphatic rings. The van der Waals surface area contributed by atoms with Crippen molar-refractivity contribution in [1.82, 2.24) is 21.3 Å². The Balaban J connectivity index is 0.00000135. The predicted molar refractivity (Wildman–Crippen MR) is 443 cm³/mol. The van der Waals surface area contributed by atoms with Crippen molar-refractivity contribution in [2.24, 2.45) is 5.73 Å². The summed E-state index contributed by atoms with van der Waals surface area (Å²) in [5, 5.41) is 31.9. The van der Waals surface area contributed by atoms with E-state index in [-0.39, 0.29) is 79.8 Å². The molecule has 3 amide bonds. The number of hydrogen-bond donors (Lipinski definition) is 9.